The molecule has 2 aromatic carbocycles. The van der Waals surface area contributed by atoms with Gasteiger partial charge in [-0.1, -0.05) is 42.5 Å². The summed E-state index contributed by atoms with van der Waals surface area (Å²) >= 11 is 0. The predicted octanol–water partition coefficient (Wildman–Crippen LogP) is 4.87. The van der Waals surface area contributed by atoms with E-state index in [1.807, 2.05) is 6.07 Å². The van der Waals surface area contributed by atoms with Crippen molar-refractivity contribution < 1.29 is 18.0 Å². The Morgan fingerprint density at radius 1 is 0.857 bits per heavy atom. The third-order valence-corrected chi connectivity index (χ3v) is 3.52. The molecule has 0 spiro atoms. The number of hydrogen-bond donors (Lipinski definition) is 0. The number of benzene rings is 2. The van der Waals surface area contributed by atoms with E-state index >= 15 is 0 Å². The second-order valence-electron chi connectivity index (χ2n) is 5.40. The van der Waals surface area contributed by atoms with Gasteiger partial charge in [0.2, 0.25) is 0 Å². The van der Waals surface area contributed by atoms with E-state index in [1.165, 1.54) is 12.1 Å². The summed E-state index contributed by atoms with van der Waals surface area (Å²) in [5.41, 5.74) is -0.853. The molecular formula is C17H15F3O. The van der Waals surface area contributed by atoms with Crippen LogP contribution in [0.2, 0.25) is 0 Å². The molecule has 21 heavy (non-hydrogen) atoms. The van der Waals surface area contributed by atoms with Crippen LogP contribution in [0.4, 0.5) is 13.2 Å². The van der Waals surface area contributed by atoms with E-state index in [4.69, 9.17) is 0 Å². The quantitative estimate of drug-likeness (QED) is 0.738. The van der Waals surface area contributed by atoms with Crippen LogP contribution in [-0.2, 0) is 11.6 Å². The summed E-state index contributed by atoms with van der Waals surface area (Å²) in [7, 11) is 0. The highest BCUT2D eigenvalue weighted by Crippen LogP contribution is 2.32. The molecule has 0 aliphatic carbocycles. The number of alkyl halides is 3. The fourth-order valence-corrected chi connectivity index (χ4v) is 2.18. The lowest BCUT2D eigenvalue weighted by molar-refractivity contribution is -0.137. The zero-order chi connectivity index (χ0) is 15.7. The summed E-state index contributed by atoms with van der Waals surface area (Å²) in [5.74, 6) is -0.334. The Bertz CT molecular complexity index is 643. The Morgan fingerprint density at radius 2 is 1.43 bits per heavy atom. The normalized spacial score (nSPS) is 12.2. The Labute approximate surface area is 121 Å². The molecule has 0 atom stereocenters. The first-order valence-electron chi connectivity index (χ1n) is 6.50. The van der Waals surface area contributed by atoms with E-state index < -0.39 is 17.2 Å². The zero-order valence-electron chi connectivity index (χ0n) is 11.7. The molecule has 0 fully saturated rings. The van der Waals surface area contributed by atoms with Gasteiger partial charge in [-0.2, -0.15) is 13.2 Å². The summed E-state index contributed by atoms with van der Waals surface area (Å²) in [5, 5.41) is 0. The molecule has 0 heterocycles. The smallest absolute Gasteiger partial charge is 0.293 e. The molecular weight excluding hydrogens is 277 g/mol. The van der Waals surface area contributed by atoms with E-state index in [0.717, 1.165) is 17.7 Å². The van der Waals surface area contributed by atoms with Gasteiger partial charge in [-0.05, 0) is 31.5 Å². The molecule has 0 saturated carbocycles. The van der Waals surface area contributed by atoms with Crippen molar-refractivity contribution in [3.8, 4) is 0 Å². The first-order chi connectivity index (χ1) is 9.73. The fourth-order valence-electron chi connectivity index (χ4n) is 2.18. The largest absolute Gasteiger partial charge is 0.416 e. The minimum Gasteiger partial charge on any atom is -0.293 e. The van der Waals surface area contributed by atoms with Gasteiger partial charge in [0.1, 0.15) is 0 Å². The fraction of sp³-hybridized carbons (Fsp3) is 0.235. The molecule has 0 bridgehead atoms. The topological polar surface area (TPSA) is 17.1 Å². The first-order valence-corrected chi connectivity index (χ1v) is 6.50. The van der Waals surface area contributed by atoms with Gasteiger partial charge in [0.25, 0.3) is 0 Å². The number of Topliss-reactive ketones (excluding diaryl/α,β-unsaturated/α-hetero) is 1. The maximum atomic E-state index is 12.7. The van der Waals surface area contributed by atoms with Crippen LogP contribution in [-0.4, -0.2) is 5.78 Å². The van der Waals surface area contributed by atoms with Crippen molar-refractivity contribution in [2.45, 2.75) is 25.4 Å². The third kappa shape index (κ3) is 3.15. The number of carbonyl (C=O) groups excluding carboxylic acids is 1. The van der Waals surface area contributed by atoms with Gasteiger partial charge in [-0.15, -0.1) is 0 Å². The maximum absolute atomic E-state index is 12.7. The molecule has 110 valence electrons. The molecule has 0 aliphatic rings. The van der Waals surface area contributed by atoms with E-state index in [9.17, 15) is 18.0 Å². The molecule has 0 aromatic heterocycles. The van der Waals surface area contributed by atoms with Crippen LogP contribution < -0.4 is 0 Å². The highest BCUT2D eigenvalue weighted by molar-refractivity contribution is 6.03. The van der Waals surface area contributed by atoms with Crippen LogP contribution in [0.1, 0.15) is 35.3 Å². The molecule has 0 saturated heterocycles. The number of hydrogen-bond acceptors (Lipinski definition) is 1. The molecule has 0 radical (unpaired) electrons. The second-order valence-corrected chi connectivity index (χ2v) is 5.40. The van der Waals surface area contributed by atoms with E-state index in [2.05, 4.69) is 0 Å². The molecule has 4 heteroatoms. The minimum atomic E-state index is -4.45. The van der Waals surface area contributed by atoms with Gasteiger partial charge in [0, 0.05) is 5.56 Å². The number of ketones is 1. The van der Waals surface area contributed by atoms with Crippen LogP contribution in [0.5, 0.6) is 0 Å². The first kappa shape index (κ1) is 15.3. The Hall–Kier alpha value is -2.10. The predicted molar refractivity (Wildman–Crippen MR) is 75.2 cm³/mol. The van der Waals surface area contributed by atoms with Crippen molar-refractivity contribution in [1.82, 2.24) is 0 Å². The van der Waals surface area contributed by atoms with Gasteiger partial charge < -0.3 is 0 Å². The number of halogens is 3. The molecule has 2 aromatic rings. The molecule has 1 nitrogen and oxygen atoms in total. The SMILES string of the molecule is CC(C)(C(=O)c1cccc(C(F)(F)F)c1)c1ccccc1. The van der Waals surface area contributed by atoms with Gasteiger partial charge in [0.15, 0.2) is 5.78 Å². The van der Waals surface area contributed by atoms with E-state index in [-0.39, 0.29) is 11.3 Å². The average molecular weight is 292 g/mol. The van der Waals surface area contributed by atoms with E-state index in [0.29, 0.717) is 0 Å². The van der Waals surface area contributed by atoms with Crippen molar-refractivity contribution in [3.63, 3.8) is 0 Å². The lowest BCUT2D eigenvalue weighted by atomic mass is 9.78. The van der Waals surface area contributed by atoms with Gasteiger partial charge in [-0.3, -0.25) is 4.79 Å². The van der Waals surface area contributed by atoms with Gasteiger partial charge in [0.05, 0.1) is 11.0 Å². The maximum Gasteiger partial charge on any atom is 0.416 e. The standard InChI is InChI=1S/C17H15F3O/c1-16(2,13-8-4-3-5-9-13)15(21)12-7-6-10-14(11-12)17(18,19)20/h3-11H,1-2H3. The minimum absolute atomic E-state index is 0.0682. The van der Waals surface area contributed by atoms with Crippen LogP contribution >= 0.6 is 0 Å². The summed E-state index contributed by atoms with van der Waals surface area (Å²) in [6.07, 6.45) is -4.45. The zero-order valence-corrected chi connectivity index (χ0v) is 11.7. The lowest BCUT2D eigenvalue weighted by Gasteiger charge is -2.24. The van der Waals surface area contributed by atoms with Gasteiger partial charge >= 0.3 is 6.18 Å². The third-order valence-electron chi connectivity index (χ3n) is 3.52. The molecule has 0 N–H and O–H groups in total. The van der Waals surface area contributed by atoms with Crippen molar-refractivity contribution >= 4 is 5.78 Å². The van der Waals surface area contributed by atoms with Crippen LogP contribution in [0.25, 0.3) is 0 Å². The van der Waals surface area contributed by atoms with Crippen LogP contribution in [0.15, 0.2) is 54.6 Å². The monoisotopic (exact) mass is 292 g/mol. The highest BCUT2D eigenvalue weighted by atomic mass is 19.4. The number of carbonyl (C=O) groups is 1. The lowest BCUT2D eigenvalue weighted by Crippen LogP contribution is -2.29. The number of rotatable bonds is 3. The van der Waals surface area contributed by atoms with Crippen molar-refractivity contribution in [2.24, 2.45) is 0 Å². The Morgan fingerprint density at radius 3 is 2.00 bits per heavy atom. The summed E-state index contributed by atoms with van der Waals surface area (Å²) in [4.78, 5) is 12.6. The Balaban J connectivity index is 2.41. The summed E-state index contributed by atoms with van der Waals surface area (Å²) in [6, 6.07) is 13.6. The Kier molecular flexibility index (Phi) is 3.90. The molecule has 0 amide bonds. The van der Waals surface area contributed by atoms with Gasteiger partial charge in [-0.25, -0.2) is 0 Å². The molecule has 2 rings (SSSR count). The average Bonchev–Trinajstić information content (AvgIpc) is 2.46. The van der Waals surface area contributed by atoms with Crippen LogP contribution in [0, 0.1) is 0 Å². The molecule has 0 aliphatic heterocycles. The summed E-state index contributed by atoms with van der Waals surface area (Å²) in [6.45, 7) is 3.43. The highest BCUT2D eigenvalue weighted by Gasteiger charge is 2.34. The van der Waals surface area contributed by atoms with Crippen molar-refractivity contribution in [1.29, 1.82) is 0 Å². The summed E-state index contributed by atoms with van der Waals surface area (Å²) < 4.78 is 38.2. The van der Waals surface area contributed by atoms with Crippen molar-refractivity contribution in [2.75, 3.05) is 0 Å². The van der Waals surface area contributed by atoms with Crippen molar-refractivity contribution in [3.05, 3.63) is 71.3 Å². The molecule has 0 unspecified atom stereocenters. The second kappa shape index (κ2) is 5.35. The van der Waals surface area contributed by atoms with Crippen LogP contribution in [0.3, 0.4) is 0 Å². The van der Waals surface area contributed by atoms with E-state index in [1.54, 1.807) is 38.1 Å².